The number of anilines is 1. The van der Waals surface area contributed by atoms with E-state index in [1.165, 1.54) is 0 Å². The topological polar surface area (TPSA) is 88.9 Å². The molecule has 1 aromatic rings. The van der Waals surface area contributed by atoms with Gasteiger partial charge in [-0.2, -0.15) is 0 Å². The summed E-state index contributed by atoms with van der Waals surface area (Å²) in [6.07, 6.45) is 0. The lowest BCUT2D eigenvalue weighted by atomic mass is 10.1. The van der Waals surface area contributed by atoms with Gasteiger partial charge in [0.2, 0.25) is 5.69 Å². The number of rotatable bonds is 3. The van der Waals surface area contributed by atoms with Gasteiger partial charge in [-0.15, -0.1) is 0 Å². The second-order valence-electron chi connectivity index (χ2n) is 9.16. The molecule has 1 N–H and O–H groups in total. The van der Waals surface area contributed by atoms with Crippen LogP contribution in [-0.4, -0.2) is 26.3 Å². The molecule has 0 heterocycles. The SMILES string of the molecule is CC(C)(C)N=[N+]([O-])c1ccc([N+]([O-])=NC(C)(C)C)c(NC(C)(C)C)c1. The Kier molecular flexibility index (Phi) is 5.82. The minimum absolute atomic E-state index is 0.287. The lowest BCUT2D eigenvalue weighted by Gasteiger charge is -2.23. The molecule has 7 nitrogen and oxygen atoms in total. The van der Waals surface area contributed by atoms with Crippen LogP contribution in [0.15, 0.2) is 28.4 Å². The van der Waals surface area contributed by atoms with Crippen molar-refractivity contribution in [3.63, 3.8) is 0 Å². The molecule has 0 spiro atoms. The van der Waals surface area contributed by atoms with Crippen molar-refractivity contribution in [1.29, 1.82) is 0 Å². The molecular formula is C18H31N5O2. The molecule has 0 fully saturated rings. The van der Waals surface area contributed by atoms with Crippen molar-refractivity contribution in [2.75, 3.05) is 5.32 Å². The molecule has 0 radical (unpaired) electrons. The molecule has 25 heavy (non-hydrogen) atoms. The first-order valence-corrected chi connectivity index (χ1v) is 8.40. The molecule has 140 valence electrons. The zero-order valence-corrected chi connectivity index (χ0v) is 16.8. The molecule has 0 aliphatic heterocycles. The van der Waals surface area contributed by atoms with Crippen molar-refractivity contribution >= 4 is 17.1 Å². The second-order valence-corrected chi connectivity index (χ2v) is 9.16. The van der Waals surface area contributed by atoms with E-state index in [9.17, 15) is 10.4 Å². The van der Waals surface area contributed by atoms with Gasteiger partial charge in [-0.05, 0) is 72.5 Å². The Labute approximate surface area is 150 Å². The van der Waals surface area contributed by atoms with Crippen LogP contribution in [0.1, 0.15) is 62.3 Å². The highest BCUT2D eigenvalue weighted by Crippen LogP contribution is 2.32. The van der Waals surface area contributed by atoms with Crippen LogP contribution >= 0.6 is 0 Å². The molecule has 0 saturated carbocycles. The highest BCUT2D eigenvalue weighted by atomic mass is 16.5. The monoisotopic (exact) mass is 349 g/mol. The fourth-order valence-corrected chi connectivity index (χ4v) is 1.97. The van der Waals surface area contributed by atoms with Crippen molar-refractivity contribution in [1.82, 2.24) is 0 Å². The molecular weight excluding hydrogens is 318 g/mol. The molecule has 7 heteroatoms. The van der Waals surface area contributed by atoms with Gasteiger partial charge < -0.3 is 15.7 Å². The van der Waals surface area contributed by atoms with Crippen molar-refractivity contribution < 1.29 is 9.72 Å². The predicted molar refractivity (Wildman–Crippen MR) is 101 cm³/mol. The van der Waals surface area contributed by atoms with Gasteiger partial charge in [0.1, 0.15) is 16.8 Å². The minimum atomic E-state index is -0.508. The van der Waals surface area contributed by atoms with E-state index in [-0.39, 0.29) is 5.54 Å². The summed E-state index contributed by atoms with van der Waals surface area (Å²) < 4.78 is 0. The molecule has 0 saturated heterocycles. The van der Waals surface area contributed by atoms with Crippen LogP contribution in [0.4, 0.5) is 17.1 Å². The number of nitrogens with one attached hydrogen (secondary N) is 1. The third-order valence-corrected chi connectivity index (χ3v) is 2.70. The average molecular weight is 349 g/mol. The first-order valence-electron chi connectivity index (χ1n) is 8.40. The smallest absolute Gasteiger partial charge is 0.267 e. The van der Waals surface area contributed by atoms with Crippen molar-refractivity contribution in [2.24, 2.45) is 10.2 Å². The van der Waals surface area contributed by atoms with E-state index in [1.807, 2.05) is 62.3 Å². The number of hydrogen-bond acceptors (Lipinski definition) is 5. The molecule has 1 rings (SSSR count). The van der Waals surface area contributed by atoms with Crippen molar-refractivity contribution in [3.05, 3.63) is 28.6 Å². The molecule has 0 aliphatic rings. The minimum Gasteiger partial charge on any atom is -0.594 e. The Hall–Kier alpha value is -2.18. The summed E-state index contributed by atoms with van der Waals surface area (Å²) in [5, 5.41) is 36.2. The maximum absolute atomic E-state index is 12.5. The van der Waals surface area contributed by atoms with Crippen LogP contribution in [0, 0.1) is 10.4 Å². The zero-order chi connectivity index (χ0) is 19.6. The van der Waals surface area contributed by atoms with Gasteiger partial charge in [-0.3, -0.25) is 0 Å². The molecule has 0 aliphatic carbocycles. The van der Waals surface area contributed by atoms with Crippen LogP contribution < -0.4 is 5.32 Å². The van der Waals surface area contributed by atoms with E-state index in [0.717, 1.165) is 0 Å². The van der Waals surface area contributed by atoms with Gasteiger partial charge in [-0.1, -0.05) is 9.72 Å². The summed E-state index contributed by atoms with van der Waals surface area (Å²) in [5.74, 6) is 0. The Bertz CT molecular complexity index is 674. The molecule has 0 aromatic heterocycles. The summed E-state index contributed by atoms with van der Waals surface area (Å²) in [4.78, 5) is 1.20. The fraction of sp³-hybridized carbons (Fsp3) is 0.667. The number of hydrogen-bond donors (Lipinski definition) is 1. The Balaban J connectivity index is 3.46. The van der Waals surface area contributed by atoms with E-state index in [0.29, 0.717) is 26.8 Å². The van der Waals surface area contributed by atoms with Gasteiger partial charge in [-0.25, -0.2) is 0 Å². The van der Waals surface area contributed by atoms with Gasteiger partial charge in [0.25, 0.3) is 5.69 Å². The Morgan fingerprint density at radius 3 is 1.72 bits per heavy atom. The molecule has 1 aromatic carbocycles. The molecule has 0 unspecified atom stereocenters. The average Bonchev–Trinajstić information content (AvgIpc) is 2.32. The standard InChI is InChI=1S/C18H31N5O2/c1-16(2,3)19-14-12-13(22(24)20-17(4,5)6)10-11-15(14)23(25)21-18(7,8)9/h10-12,19H,1-9H3. The summed E-state index contributed by atoms with van der Waals surface area (Å²) >= 11 is 0. The zero-order valence-electron chi connectivity index (χ0n) is 16.8. The van der Waals surface area contributed by atoms with Gasteiger partial charge in [0.05, 0.1) is 0 Å². The maximum atomic E-state index is 12.5. The van der Waals surface area contributed by atoms with Crippen LogP contribution in [0.2, 0.25) is 0 Å². The summed E-state index contributed by atoms with van der Waals surface area (Å²) in [6, 6.07) is 4.80. The Morgan fingerprint density at radius 2 is 1.28 bits per heavy atom. The van der Waals surface area contributed by atoms with Crippen molar-refractivity contribution in [3.8, 4) is 0 Å². The second kappa shape index (κ2) is 6.98. The molecule has 0 atom stereocenters. The largest absolute Gasteiger partial charge is 0.594 e. The highest BCUT2D eigenvalue weighted by molar-refractivity contribution is 5.66. The van der Waals surface area contributed by atoms with Crippen LogP contribution in [0.5, 0.6) is 0 Å². The quantitative estimate of drug-likeness (QED) is 0.432. The molecule has 0 bridgehead atoms. The van der Waals surface area contributed by atoms with E-state index in [4.69, 9.17) is 0 Å². The van der Waals surface area contributed by atoms with Crippen molar-refractivity contribution in [2.45, 2.75) is 78.9 Å². The lowest BCUT2D eigenvalue weighted by Crippen LogP contribution is -2.26. The predicted octanol–water partition coefficient (Wildman–Crippen LogP) is 5.68. The van der Waals surface area contributed by atoms with Crippen LogP contribution in [0.25, 0.3) is 0 Å². The van der Waals surface area contributed by atoms with Crippen LogP contribution in [-0.2, 0) is 0 Å². The first-order chi connectivity index (χ1) is 11.1. The summed E-state index contributed by atoms with van der Waals surface area (Å²) in [5.41, 5.74) is -0.0362. The fourth-order valence-electron chi connectivity index (χ4n) is 1.97. The van der Waals surface area contributed by atoms with E-state index in [2.05, 4.69) is 15.5 Å². The van der Waals surface area contributed by atoms with Gasteiger partial charge >= 0.3 is 0 Å². The third kappa shape index (κ3) is 7.49. The Morgan fingerprint density at radius 1 is 0.800 bits per heavy atom. The first kappa shape index (κ1) is 20.9. The van der Waals surface area contributed by atoms with E-state index < -0.39 is 11.1 Å². The van der Waals surface area contributed by atoms with Gasteiger partial charge in [0, 0.05) is 23.7 Å². The number of azo groups is 2. The van der Waals surface area contributed by atoms with Gasteiger partial charge in [0.15, 0.2) is 0 Å². The normalized spacial score (nSPS) is 14.6. The number of benzene rings is 1. The maximum Gasteiger partial charge on any atom is 0.267 e. The highest BCUT2D eigenvalue weighted by Gasteiger charge is 2.23. The third-order valence-electron chi connectivity index (χ3n) is 2.70. The van der Waals surface area contributed by atoms with E-state index in [1.54, 1.807) is 18.2 Å². The summed E-state index contributed by atoms with van der Waals surface area (Å²) in [6.45, 7) is 17.0. The number of nitrogens with zero attached hydrogens (tertiary/aromatic N) is 4. The molecule has 0 amide bonds. The lowest BCUT2D eigenvalue weighted by molar-refractivity contribution is -0.452. The van der Waals surface area contributed by atoms with E-state index >= 15 is 0 Å². The summed E-state index contributed by atoms with van der Waals surface area (Å²) in [7, 11) is 0. The van der Waals surface area contributed by atoms with Crippen LogP contribution in [0.3, 0.4) is 0 Å².